The Labute approximate surface area is 416 Å². The van der Waals surface area contributed by atoms with Gasteiger partial charge in [-0.25, -0.2) is 0 Å². The zero-order chi connectivity index (χ0) is 48.6. The van der Waals surface area contributed by atoms with E-state index in [-0.39, 0.29) is 37.5 Å². The monoisotopic (exact) mass is 939 g/mol. The lowest BCUT2D eigenvalue weighted by molar-refractivity contribution is -0.167. The van der Waals surface area contributed by atoms with Gasteiger partial charge in [0.15, 0.2) is 6.10 Å². The van der Waals surface area contributed by atoms with E-state index in [1.807, 2.05) is 0 Å². The molecule has 67 heavy (non-hydrogen) atoms. The maximum atomic E-state index is 12.8. The molecule has 0 spiro atoms. The van der Waals surface area contributed by atoms with Crippen LogP contribution in [0.5, 0.6) is 0 Å². The lowest BCUT2D eigenvalue weighted by Gasteiger charge is -2.18. The molecule has 0 saturated carbocycles. The maximum Gasteiger partial charge on any atom is 0.306 e. The highest BCUT2D eigenvalue weighted by atomic mass is 16.6. The average Bonchev–Trinajstić information content (AvgIpc) is 3.33. The first-order valence-electron chi connectivity index (χ1n) is 29.1. The molecular formula is C61H110O6. The Kier molecular flexibility index (Phi) is 53.8. The molecule has 0 aromatic carbocycles. The summed E-state index contributed by atoms with van der Waals surface area (Å²) >= 11 is 0. The van der Waals surface area contributed by atoms with Crippen LogP contribution in [0.15, 0.2) is 48.6 Å². The van der Waals surface area contributed by atoms with Crippen LogP contribution in [0, 0.1) is 0 Å². The van der Waals surface area contributed by atoms with Gasteiger partial charge in [-0.1, -0.05) is 256 Å². The minimum Gasteiger partial charge on any atom is -0.462 e. The first-order chi connectivity index (χ1) is 33.0. The summed E-state index contributed by atoms with van der Waals surface area (Å²) in [6, 6.07) is 0. The summed E-state index contributed by atoms with van der Waals surface area (Å²) in [6.07, 6.45) is 68.3. The van der Waals surface area contributed by atoms with E-state index in [0.29, 0.717) is 19.3 Å². The van der Waals surface area contributed by atoms with Crippen molar-refractivity contribution in [2.24, 2.45) is 0 Å². The molecule has 0 saturated heterocycles. The van der Waals surface area contributed by atoms with Crippen molar-refractivity contribution >= 4 is 17.9 Å². The van der Waals surface area contributed by atoms with Crippen LogP contribution >= 0.6 is 0 Å². The highest BCUT2D eigenvalue weighted by Gasteiger charge is 2.19. The van der Waals surface area contributed by atoms with Crippen LogP contribution in [0.2, 0.25) is 0 Å². The number of carbonyl (C=O) groups is 3. The van der Waals surface area contributed by atoms with Crippen molar-refractivity contribution in [2.75, 3.05) is 13.2 Å². The fourth-order valence-corrected chi connectivity index (χ4v) is 8.40. The first kappa shape index (κ1) is 64.4. The summed E-state index contributed by atoms with van der Waals surface area (Å²) in [4.78, 5) is 38.1. The molecule has 0 amide bonds. The van der Waals surface area contributed by atoms with Gasteiger partial charge in [0.25, 0.3) is 0 Å². The lowest BCUT2D eigenvalue weighted by Crippen LogP contribution is -2.30. The highest BCUT2D eigenvalue weighted by molar-refractivity contribution is 5.71. The second-order valence-electron chi connectivity index (χ2n) is 19.6. The molecule has 0 rings (SSSR count). The molecule has 0 fully saturated rings. The number of carbonyl (C=O) groups excluding carboxylic acids is 3. The summed E-state index contributed by atoms with van der Waals surface area (Å²) in [6.45, 7) is 6.61. The molecule has 6 nitrogen and oxygen atoms in total. The third-order valence-electron chi connectivity index (χ3n) is 12.8. The lowest BCUT2D eigenvalue weighted by atomic mass is 10.0. The second kappa shape index (κ2) is 56.0. The molecule has 0 aromatic heterocycles. The minimum absolute atomic E-state index is 0.0902. The first-order valence-corrected chi connectivity index (χ1v) is 29.1. The van der Waals surface area contributed by atoms with Gasteiger partial charge in [0, 0.05) is 19.3 Å². The average molecular weight is 940 g/mol. The van der Waals surface area contributed by atoms with Crippen molar-refractivity contribution in [3.63, 3.8) is 0 Å². The van der Waals surface area contributed by atoms with E-state index >= 15 is 0 Å². The number of hydrogen-bond donors (Lipinski definition) is 0. The minimum atomic E-state index is -0.796. The SMILES string of the molecule is CCCCCCCC/C=C\C/C=C\C/C=C\CCCC(=O)O[C@@H](COC(=O)CCCCCCCCCCCCC)COC(=O)CCCCCCCCCCCCC/C=C\CCCCCCCC. The van der Waals surface area contributed by atoms with Gasteiger partial charge in [-0.3, -0.25) is 14.4 Å². The zero-order valence-electron chi connectivity index (χ0n) is 44.7. The Bertz CT molecular complexity index is 1170. The number of unbranched alkanes of at least 4 members (excludes halogenated alkanes) is 34. The van der Waals surface area contributed by atoms with Crippen molar-refractivity contribution in [2.45, 2.75) is 309 Å². The van der Waals surface area contributed by atoms with Crippen molar-refractivity contribution in [1.82, 2.24) is 0 Å². The van der Waals surface area contributed by atoms with Gasteiger partial charge in [-0.2, -0.15) is 0 Å². The van der Waals surface area contributed by atoms with E-state index < -0.39 is 6.10 Å². The molecule has 0 bridgehead atoms. The molecular weight excluding hydrogens is 829 g/mol. The van der Waals surface area contributed by atoms with E-state index in [9.17, 15) is 14.4 Å². The van der Waals surface area contributed by atoms with Crippen LogP contribution in [-0.2, 0) is 28.6 Å². The van der Waals surface area contributed by atoms with Crippen LogP contribution in [0.3, 0.4) is 0 Å². The van der Waals surface area contributed by atoms with E-state index in [4.69, 9.17) is 14.2 Å². The Morgan fingerprint density at radius 2 is 0.552 bits per heavy atom. The zero-order valence-corrected chi connectivity index (χ0v) is 44.7. The number of ether oxygens (including phenoxy) is 3. The molecule has 0 unspecified atom stereocenters. The van der Waals surface area contributed by atoms with Gasteiger partial charge < -0.3 is 14.2 Å². The molecule has 0 heterocycles. The summed E-state index contributed by atoms with van der Waals surface area (Å²) in [5.41, 5.74) is 0. The summed E-state index contributed by atoms with van der Waals surface area (Å²) < 4.78 is 16.8. The summed E-state index contributed by atoms with van der Waals surface area (Å²) in [5.74, 6) is -0.931. The molecule has 1 atom stereocenters. The molecule has 0 aliphatic rings. The van der Waals surface area contributed by atoms with Crippen LogP contribution in [0.25, 0.3) is 0 Å². The Morgan fingerprint density at radius 3 is 0.896 bits per heavy atom. The number of rotatable bonds is 53. The van der Waals surface area contributed by atoms with Crippen molar-refractivity contribution in [3.8, 4) is 0 Å². The molecule has 0 N–H and O–H groups in total. The van der Waals surface area contributed by atoms with E-state index in [2.05, 4.69) is 69.4 Å². The molecule has 0 radical (unpaired) electrons. The Hall–Kier alpha value is -2.63. The van der Waals surface area contributed by atoms with Crippen molar-refractivity contribution < 1.29 is 28.6 Å². The topological polar surface area (TPSA) is 78.9 Å². The van der Waals surface area contributed by atoms with Gasteiger partial charge >= 0.3 is 17.9 Å². The van der Waals surface area contributed by atoms with Gasteiger partial charge in [0.05, 0.1) is 0 Å². The molecule has 0 aliphatic heterocycles. The maximum absolute atomic E-state index is 12.8. The molecule has 0 aromatic rings. The Morgan fingerprint density at radius 1 is 0.299 bits per heavy atom. The van der Waals surface area contributed by atoms with E-state index in [1.54, 1.807) is 0 Å². The van der Waals surface area contributed by atoms with Gasteiger partial charge in [0.1, 0.15) is 13.2 Å². The van der Waals surface area contributed by atoms with E-state index in [0.717, 1.165) is 57.8 Å². The third kappa shape index (κ3) is 54.2. The number of hydrogen-bond acceptors (Lipinski definition) is 6. The smallest absolute Gasteiger partial charge is 0.306 e. The van der Waals surface area contributed by atoms with Crippen molar-refractivity contribution in [1.29, 1.82) is 0 Å². The predicted octanol–water partition coefficient (Wildman–Crippen LogP) is 19.4. The fourth-order valence-electron chi connectivity index (χ4n) is 8.40. The normalized spacial score (nSPS) is 12.3. The van der Waals surface area contributed by atoms with Crippen LogP contribution in [-0.4, -0.2) is 37.2 Å². The standard InChI is InChI=1S/C61H110O6/c1-4-7-10-13-16-19-22-24-26-28-29-30-31-33-34-36-39-42-45-48-51-54-60(63)66-57-58(56-65-59(62)53-50-47-44-41-38-21-18-15-12-9-6-3)67-61(64)55-52-49-46-43-40-37-35-32-27-25-23-20-17-14-11-8-5-2/h24-27,35,37,43,46,58H,4-23,28-34,36,38-42,44-45,47-57H2,1-3H3/b26-24-,27-25-,37-35-,46-43-/t58-/m0/s1. The highest BCUT2D eigenvalue weighted by Crippen LogP contribution is 2.16. The van der Waals surface area contributed by atoms with Gasteiger partial charge in [-0.05, 0) is 77.0 Å². The third-order valence-corrected chi connectivity index (χ3v) is 12.8. The van der Waals surface area contributed by atoms with Crippen LogP contribution in [0.4, 0.5) is 0 Å². The molecule has 0 aliphatic carbocycles. The van der Waals surface area contributed by atoms with Crippen LogP contribution in [0.1, 0.15) is 303 Å². The molecule has 6 heteroatoms. The molecule has 390 valence electrons. The quantitative estimate of drug-likeness (QED) is 0.0262. The summed E-state index contributed by atoms with van der Waals surface area (Å²) in [5, 5.41) is 0. The number of esters is 3. The summed E-state index contributed by atoms with van der Waals surface area (Å²) in [7, 11) is 0. The second-order valence-corrected chi connectivity index (χ2v) is 19.6. The van der Waals surface area contributed by atoms with Crippen molar-refractivity contribution in [3.05, 3.63) is 48.6 Å². The van der Waals surface area contributed by atoms with Crippen LogP contribution < -0.4 is 0 Å². The van der Waals surface area contributed by atoms with E-state index in [1.165, 1.54) is 199 Å². The largest absolute Gasteiger partial charge is 0.462 e. The fraction of sp³-hybridized carbons (Fsp3) is 0.820. The predicted molar refractivity (Wildman–Crippen MR) is 289 cm³/mol. The Balaban J connectivity index is 4.35. The number of allylic oxidation sites excluding steroid dienone is 8. The van der Waals surface area contributed by atoms with Gasteiger partial charge in [0.2, 0.25) is 0 Å². The van der Waals surface area contributed by atoms with Gasteiger partial charge in [-0.15, -0.1) is 0 Å².